The molecular weight excluding hydrogens is 458 g/mol. The summed E-state index contributed by atoms with van der Waals surface area (Å²) in [5.74, 6) is 2.81. The fourth-order valence-corrected chi connectivity index (χ4v) is 5.30. The number of rotatable bonds is 8. The standard InChI is InChI=1S/C29H37NO6/c1-29(2)17-20(11-13-36-29)28(31)30(3)12-10-19-15-25(34-6)27(35-7)26-21(19)9-8-18-14-23(32-4)24(33-5)16-22(18)26/h8-9,14-16,20H,10-13,17H2,1-7H3. The minimum atomic E-state index is -0.260. The van der Waals surface area contributed by atoms with Gasteiger partial charge in [0.1, 0.15) is 0 Å². The number of carbonyl (C=O) groups excluding carboxylic acids is 1. The van der Waals surface area contributed by atoms with Crippen molar-refractivity contribution in [3.63, 3.8) is 0 Å². The first-order valence-electron chi connectivity index (χ1n) is 12.3. The van der Waals surface area contributed by atoms with Crippen LogP contribution in [0.25, 0.3) is 21.5 Å². The number of amides is 1. The third kappa shape index (κ3) is 4.89. The number of nitrogens with zero attached hydrogens (tertiary/aromatic N) is 1. The Balaban J connectivity index is 1.72. The lowest BCUT2D eigenvalue weighted by Crippen LogP contribution is -2.42. The number of hydrogen-bond donors (Lipinski definition) is 0. The van der Waals surface area contributed by atoms with Crippen LogP contribution >= 0.6 is 0 Å². The van der Waals surface area contributed by atoms with Crippen LogP contribution in [-0.4, -0.2) is 65.0 Å². The molecule has 3 aromatic rings. The van der Waals surface area contributed by atoms with Crippen LogP contribution in [-0.2, 0) is 16.0 Å². The summed E-state index contributed by atoms with van der Waals surface area (Å²) >= 11 is 0. The lowest BCUT2D eigenvalue weighted by atomic mass is 9.87. The molecule has 7 heteroatoms. The third-order valence-corrected chi connectivity index (χ3v) is 7.19. The number of likely N-dealkylation sites (N-methyl/N-ethyl adjacent to an activating group) is 1. The summed E-state index contributed by atoms with van der Waals surface area (Å²) in [5, 5.41) is 3.99. The summed E-state index contributed by atoms with van der Waals surface area (Å²) in [4.78, 5) is 15.1. The molecule has 0 aromatic heterocycles. The molecule has 1 amide bonds. The molecule has 0 radical (unpaired) electrons. The van der Waals surface area contributed by atoms with Crippen molar-refractivity contribution in [2.24, 2.45) is 5.92 Å². The number of methoxy groups -OCH3 is 4. The van der Waals surface area contributed by atoms with Gasteiger partial charge in [-0.3, -0.25) is 4.79 Å². The number of hydrogen-bond acceptors (Lipinski definition) is 6. The second-order valence-corrected chi connectivity index (χ2v) is 10.00. The Bertz CT molecular complexity index is 1270. The first-order chi connectivity index (χ1) is 17.2. The minimum Gasteiger partial charge on any atom is -0.493 e. The Hall–Kier alpha value is -3.19. The van der Waals surface area contributed by atoms with Gasteiger partial charge in [-0.05, 0) is 73.0 Å². The van der Waals surface area contributed by atoms with Crippen LogP contribution in [0.3, 0.4) is 0 Å². The number of ether oxygens (including phenoxy) is 5. The van der Waals surface area contributed by atoms with Crippen molar-refractivity contribution in [3.05, 3.63) is 35.9 Å². The quantitative estimate of drug-likeness (QED) is 0.399. The van der Waals surface area contributed by atoms with Crippen LogP contribution in [0.4, 0.5) is 0 Å². The van der Waals surface area contributed by atoms with Crippen LogP contribution in [0.1, 0.15) is 32.3 Å². The SMILES string of the molecule is COc1cc2ccc3c(CCN(C)C(=O)C4CCOC(C)(C)C4)cc(OC)c(OC)c3c2cc1OC. The van der Waals surface area contributed by atoms with Crippen molar-refractivity contribution in [2.45, 2.75) is 38.7 Å². The van der Waals surface area contributed by atoms with E-state index in [-0.39, 0.29) is 17.4 Å². The van der Waals surface area contributed by atoms with Crippen molar-refractivity contribution in [3.8, 4) is 23.0 Å². The number of fused-ring (bicyclic) bond motifs is 3. The van der Waals surface area contributed by atoms with E-state index in [9.17, 15) is 4.79 Å². The van der Waals surface area contributed by atoms with E-state index in [0.29, 0.717) is 42.6 Å². The van der Waals surface area contributed by atoms with Crippen LogP contribution in [0.2, 0.25) is 0 Å². The molecule has 4 rings (SSSR count). The highest BCUT2D eigenvalue weighted by Gasteiger charge is 2.34. The average molecular weight is 496 g/mol. The van der Waals surface area contributed by atoms with Gasteiger partial charge in [0, 0.05) is 31.5 Å². The van der Waals surface area contributed by atoms with Gasteiger partial charge in [-0.15, -0.1) is 0 Å². The van der Waals surface area contributed by atoms with Gasteiger partial charge in [0.15, 0.2) is 23.0 Å². The summed E-state index contributed by atoms with van der Waals surface area (Å²) in [6, 6.07) is 10.1. The largest absolute Gasteiger partial charge is 0.493 e. The normalized spacial score (nSPS) is 17.1. The molecule has 1 atom stereocenters. The van der Waals surface area contributed by atoms with E-state index >= 15 is 0 Å². The molecule has 1 aliphatic heterocycles. The molecule has 1 saturated heterocycles. The number of benzene rings is 3. The fraction of sp³-hybridized carbons (Fsp3) is 0.483. The topological polar surface area (TPSA) is 66.5 Å². The highest BCUT2D eigenvalue weighted by Crippen LogP contribution is 2.44. The Morgan fingerprint density at radius 3 is 2.31 bits per heavy atom. The van der Waals surface area contributed by atoms with Gasteiger partial charge < -0.3 is 28.6 Å². The van der Waals surface area contributed by atoms with Crippen LogP contribution in [0.5, 0.6) is 23.0 Å². The molecule has 194 valence electrons. The minimum absolute atomic E-state index is 0.00714. The van der Waals surface area contributed by atoms with Gasteiger partial charge >= 0.3 is 0 Å². The van der Waals surface area contributed by atoms with Crippen LogP contribution < -0.4 is 18.9 Å². The molecular formula is C29H37NO6. The van der Waals surface area contributed by atoms with Gasteiger partial charge in [0.05, 0.1) is 34.0 Å². The lowest BCUT2D eigenvalue weighted by molar-refractivity contribution is -0.144. The highest BCUT2D eigenvalue weighted by molar-refractivity contribution is 6.13. The van der Waals surface area contributed by atoms with Gasteiger partial charge in [0.2, 0.25) is 5.91 Å². The smallest absolute Gasteiger partial charge is 0.225 e. The predicted octanol–water partition coefficient (Wildman–Crippen LogP) is 5.23. The molecule has 1 aliphatic rings. The summed E-state index contributed by atoms with van der Waals surface area (Å²) < 4.78 is 28.5. The lowest BCUT2D eigenvalue weighted by Gasteiger charge is -2.36. The van der Waals surface area contributed by atoms with E-state index < -0.39 is 0 Å². The zero-order valence-electron chi connectivity index (χ0n) is 22.4. The van der Waals surface area contributed by atoms with E-state index in [1.54, 1.807) is 28.4 Å². The molecule has 0 N–H and O–H groups in total. The average Bonchev–Trinajstić information content (AvgIpc) is 2.88. The van der Waals surface area contributed by atoms with Crippen molar-refractivity contribution in [1.82, 2.24) is 4.90 Å². The van der Waals surface area contributed by atoms with E-state index in [0.717, 1.165) is 39.9 Å². The van der Waals surface area contributed by atoms with E-state index in [1.165, 1.54) is 0 Å². The maximum absolute atomic E-state index is 13.2. The summed E-state index contributed by atoms with van der Waals surface area (Å²) in [7, 11) is 8.44. The van der Waals surface area contributed by atoms with Crippen molar-refractivity contribution < 1.29 is 28.5 Å². The summed E-state index contributed by atoms with van der Waals surface area (Å²) in [6.07, 6.45) is 2.19. The van der Waals surface area contributed by atoms with Gasteiger partial charge in [-0.2, -0.15) is 0 Å². The Morgan fingerprint density at radius 2 is 1.67 bits per heavy atom. The van der Waals surface area contributed by atoms with Crippen molar-refractivity contribution >= 4 is 27.5 Å². The molecule has 3 aromatic carbocycles. The molecule has 1 unspecified atom stereocenters. The maximum atomic E-state index is 13.2. The fourth-order valence-electron chi connectivity index (χ4n) is 5.30. The molecule has 36 heavy (non-hydrogen) atoms. The second kappa shape index (κ2) is 10.4. The second-order valence-electron chi connectivity index (χ2n) is 10.00. The zero-order chi connectivity index (χ0) is 26.0. The molecule has 0 spiro atoms. The zero-order valence-corrected chi connectivity index (χ0v) is 22.4. The predicted molar refractivity (Wildman–Crippen MR) is 142 cm³/mol. The van der Waals surface area contributed by atoms with Gasteiger partial charge in [-0.25, -0.2) is 0 Å². The molecule has 1 heterocycles. The molecule has 0 aliphatic carbocycles. The molecule has 7 nitrogen and oxygen atoms in total. The molecule has 0 saturated carbocycles. The Labute approximate surface area is 213 Å². The van der Waals surface area contributed by atoms with Crippen molar-refractivity contribution in [1.29, 1.82) is 0 Å². The van der Waals surface area contributed by atoms with Crippen LogP contribution in [0.15, 0.2) is 30.3 Å². The molecule has 1 fully saturated rings. The van der Waals surface area contributed by atoms with Crippen molar-refractivity contribution in [2.75, 3.05) is 48.6 Å². The first kappa shape index (κ1) is 25.9. The summed E-state index contributed by atoms with van der Waals surface area (Å²) in [5.41, 5.74) is 0.829. The van der Waals surface area contributed by atoms with E-state index in [4.69, 9.17) is 23.7 Å². The number of carbonyl (C=O) groups is 1. The Kier molecular flexibility index (Phi) is 7.50. The van der Waals surface area contributed by atoms with Crippen LogP contribution in [0, 0.1) is 5.92 Å². The van der Waals surface area contributed by atoms with Gasteiger partial charge in [0.25, 0.3) is 0 Å². The highest BCUT2D eigenvalue weighted by atomic mass is 16.5. The van der Waals surface area contributed by atoms with E-state index in [2.05, 4.69) is 26.0 Å². The first-order valence-corrected chi connectivity index (χ1v) is 12.3. The monoisotopic (exact) mass is 495 g/mol. The van der Waals surface area contributed by atoms with Gasteiger partial charge in [-0.1, -0.05) is 12.1 Å². The third-order valence-electron chi connectivity index (χ3n) is 7.19. The summed E-state index contributed by atoms with van der Waals surface area (Å²) in [6.45, 7) is 5.33. The Morgan fingerprint density at radius 1 is 0.972 bits per heavy atom. The maximum Gasteiger partial charge on any atom is 0.225 e. The molecule has 0 bridgehead atoms. The van der Waals surface area contributed by atoms with E-state index in [1.807, 2.05) is 30.1 Å².